The minimum Gasteiger partial charge on any atom is -0.480 e. The molecule has 1 aliphatic rings. The Kier molecular flexibility index (Phi) is 6.32. The third-order valence-corrected chi connectivity index (χ3v) is 4.16. The second-order valence-electron chi connectivity index (χ2n) is 6.04. The number of anilines is 1. The third kappa shape index (κ3) is 4.72. The molecule has 146 valence electrons. The summed E-state index contributed by atoms with van der Waals surface area (Å²) in [6, 6.07) is 2.07. The van der Waals surface area contributed by atoms with Crippen LogP contribution in [0.3, 0.4) is 0 Å². The number of nitrogens with zero attached hydrogens (tertiary/aromatic N) is 2. The zero-order valence-electron chi connectivity index (χ0n) is 15.0. The molecule has 0 saturated carbocycles. The van der Waals surface area contributed by atoms with Gasteiger partial charge < -0.3 is 20.6 Å². The molecule has 1 unspecified atom stereocenters. The average Bonchev–Trinajstić information content (AvgIpc) is 3.04. The molecule has 1 saturated heterocycles. The SMILES string of the molecule is CC(=O)NCCN(C(=O)c1cc(N2CCNC2=O)ccc1F)C(C)C(=O)O. The van der Waals surface area contributed by atoms with Gasteiger partial charge in [0.05, 0.1) is 5.56 Å². The van der Waals surface area contributed by atoms with Crippen LogP contribution in [0.25, 0.3) is 0 Å². The number of carbonyl (C=O) groups is 4. The topological polar surface area (TPSA) is 119 Å². The first kappa shape index (κ1) is 20.1. The van der Waals surface area contributed by atoms with E-state index in [2.05, 4.69) is 10.6 Å². The van der Waals surface area contributed by atoms with Gasteiger partial charge in [-0.25, -0.2) is 14.0 Å². The summed E-state index contributed by atoms with van der Waals surface area (Å²) in [6.07, 6.45) is 0. The van der Waals surface area contributed by atoms with Crippen LogP contribution < -0.4 is 15.5 Å². The van der Waals surface area contributed by atoms with Crippen molar-refractivity contribution in [3.63, 3.8) is 0 Å². The van der Waals surface area contributed by atoms with Crippen LogP contribution in [0.15, 0.2) is 18.2 Å². The fraction of sp³-hybridized carbons (Fsp3) is 0.412. The lowest BCUT2D eigenvalue weighted by Gasteiger charge is -2.27. The zero-order chi connectivity index (χ0) is 20.1. The Balaban J connectivity index is 2.30. The van der Waals surface area contributed by atoms with Crippen LogP contribution in [-0.2, 0) is 9.59 Å². The fourth-order valence-electron chi connectivity index (χ4n) is 2.67. The van der Waals surface area contributed by atoms with Crippen LogP contribution in [0.2, 0.25) is 0 Å². The van der Waals surface area contributed by atoms with Gasteiger partial charge in [-0.2, -0.15) is 0 Å². The molecular formula is C17H21FN4O5. The molecule has 0 spiro atoms. The highest BCUT2D eigenvalue weighted by molar-refractivity contribution is 6.00. The molecule has 0 radical (unpaired) electrons. The minimum absolute atomic E-state index is 0.0224. The first-order valence-electron chi connectivity index (χ1n) is 8.35. The predicted molar refractivity (Wildman–Crippen MR) is 94.0 cm³/mol. The number of aliphatic carboxylic acids is 1. The zero-order valence-corrected chi connectivity index (χ0v) is 15.0. The second kappa shape index (κ2) is 8.47. The van der Waals surface area contributed by atoms with Crippen LogP contribution >= 0.6 is 0 Å². The van der Waals surface area contributed by atoms with Gasteiger partial charge in [0.25, 0.3) is 5.91 Å². The van der Waals surface area contributed by atoms with E-state index in [4.69, 9.17) is 0 Å². The molecule has 1 atom stereocenters. The highest BCUT2D eigenvalue weighted by Gasteiger charge is 2.29. The summed E-state index contributed by atoms with van der Waals surface area (Å²) in [5, 5.41) is 14.3. The maximum absolute atomic E-state index is 14.3. The van der Waals surface area contributed by atoms with Crippen molar-refractivity contribution in [2.75, 3.05) is 31.1 Å². The van der Waals surface area contributed by atoms with Crippen molar-refractivity contribution in [1.29, 1.82) is 0 Å². The van der Waals surface area contributed by atoms with E-state index in [1.54, 1.807) is 0 Å². The monoisotopic (exact) mass is 380 g/mol. The Morgan fingerprint density at radius 3 is 2.67 bits per heavy atom. The van der Waals surface area contributed by atoms with E-state index in [1.165, 1.54) is 30.9 Å². The number of urea groups is 1. The second-order valence-corrected chi connectivity index (χ2v) is 6.04. The molecular weight excluding hydrogens is 359 g/mol. The summed E-state index contributed by atoms with van der Waals surface area (Å²) < 4.78 is 14.3. The lowest BCUT2D eigenvalue weighted by molar-refractivity contribution is -0.141. The van der Waals surface area contributed by atoms with Gasteiger partial charge in [-0.05, 0) is 25.1 Å². The van der Waals surface area contributed by atoms with Crippen LogP contribution in [0.1, 0.15) is 24.2 Å². The molecule has 27 heavy (non-hydrogen) atoms. The van der Waals surface area contributed by atoms with Crippen molar-refractivity contribution in [2.45, 2.75) is 19.9 Å². The molecule has 10 heteroatoms. The number of nitrogens with one attached hydrogen (secondary N) is 2. The van der Waals surface area contributed by atoms with Crippen molar-refractivity contribution >= 4 is 29.5 Å². The first-order chi connectivity index (χ1) is 12.7. The first-order valence-corrected chi connectivity index (χ1v) is 8.35. The molecule has 0 aromatic heterocycles. The highest BCUT2D eigenvalue weighted by atomic mass is 19.1. The maximum Gasteiger partial charge on any atom is 0.326 e. The third-order valence-electron chi connectivity index (χ3n) is 4.16. The molecule has 1 aromatic rings. The molecule has 1 fully saturated rings. The number of rotatable bonds is 7. The van der Waals surface area contributed by atoms with E-state index in [9.17, 15) is 28.7 Å². The fourth-order valence-corrected chi connectivity index (χ4v) is 2.67. The standard InChI is InChI=1S/C17H21FN4O5/c1-10(16(25)26)21(7-5-19-11(2)23)15(24)13-9-12(3-4-14(13)18)22-8-6-20-17(22)27/h3-4,9-10H,5-8H2,1-2H3,(H,19,23)(H,20,27)(H,25,26). The number of hydrogen-bond acceptors (Lipinski definition) is 4. The number of amides is 4. The Hall–Kier alpha value is -3.17. The molecule has 2 rings (SSSR count). The Bertz CT molecular complexity index is 770. The van der Waals surface area contributed by atoms with Crippen LogP contribution in [0, 0.1) is 5.82 Å². The Morgan fingerprint density at radius 1 is 1.41 bits per heavy atom. The van der Waals surface area contributed by atoms with Crippen LogP contribution in [0.5, 0.6) is 0 Å². The number of benzene rings is 1. The minimum atomic E-state index is -1.26. The van der Waals surface area contributed by atoms with E-state index in [-0.39, 0.29) is 30.6 Å². The van der Waals surface area contributed by atoms with Crippen molar-refractivity contribution in [3.05, 3.63) is 29.6 Å². The van der Waals surface area contributed by atoms with E-state index < -0.39 is 23.7 Å². The van der Waals surface area contributed by atoms with Gasteiger partial charge in [-0.3, -0.25) is 14.5 Å². The Morgan fingerprint density at radius 2 is 2.11 bits per heavy atom. The predicted octanol–water partition coefficient (Wildman–Crippen LogP) is 0.407. The van der Waals surface area contributed by atoms with E-state index in [0.717, 1.165) is 11.0 Å². The highest BCUT2D eigenvalue weighted by Crippen LogP contribution is 2.22. The molecule has 1 heterocycles. The number of carbonyl (C=O) groups excluding carboxylic acids is 3. The van der Waals surface area contributed by atoms with Gasteiger partial charge in [-0.15, -0.1) is 0 Å². The van der Waals surface area contributed by atoms with Crippen molar-refractivity contribution in [1.82, 2.24) is 15.5 Å². The Labute approximate surface area is 155 Å². The van der Waals surface area contributed by atoms with Gasteiger partial charge in [0.15, 0.2) is 0 Å². The summed E-state index contributed by atoms with van der Waals surface area (Å²) in [5.41, 5.74) is -0.0114. The number of carboxylic acids is 1. The quantitative estimate of drug-likeness (QED) is 0.633. The molecule has 1 aromatic carbocycles. The van der Waals surface area contributed by atoms with Gasteiger partial charge >= 0.3 is 12.0 Å². The summed E-state index contributed by atoms with van der Waals surface area (Å²) in [4.78, 5) is 49.3. The molecule has 0 aliphatic carbocycles. The van der Waals surface area contributed by atoms with Gasteiger partial charge in [0.1, 0.15) is 11.9 Å². The summed E-state index contributed by atoms with van der Waals surface area (Å²) in [6.45, 7) is 3.29. The number of hydrogen-bond donors (Lipinski definition) is 3. The van der Waals surface area contributed by atoms with Crippen molar-refractivity contribution in [2.24, 2.45) is 0 Å². The summed E-state index contributed by atoms with van der Waals surface area (Å²) >= 11 is 0. The van der Waals surface area contributed by atoms with Crippen molar-refractivity contribution in [3.8, 4) is 0 Å². The van der Waals surface area contributed by atoms with Crippen LogP contribution in [-0.4, -0.2) is 66.0 Å². The van der Waals surface area contributed by atoms with Crippen LogP contribution in [0.4, 0.5) is 14.9 Å². The summed E-state index contributed by atoms with van der Waals surface area (Å²) in [5.74, 6) is -3.26. The molecule has 3 N–H and O–H groups in total. The molecule has 0 bridgehead atoms. The lowest BCUT2D eigenvalue weighted by atomic mass is 10.1. The smallest absolute Gasteiger partial charge is 0.326 e. The van der Waals surface area contributed by atoms with Gasteiger partial charge in [-0.1, -0.05) is 0 Å². The molecule has 9 nitrogen and oxygen atoms in total. The number of carboxylic acid groups (broad SMARTS) is 1. The van der Waals surface area contributed by atoms with Crippen molar-refractivity contribution < 1.29 is 28.7 Å². The van der Waals surface area contributed by atoms with Gasteiger partial charge in [0.2, 0.25) is 5.91 Å². The van der Waals surface area contributed by atoms with E-state index in [0.29, 0.717) is 18.8 Å². The van der Waals surface area contributed by atoms with Gasteiger partial charge in [0, 0.05) is 38.8 Å². The summed E-state index contributed by atoms with van der Waals surface area (Å²) in [7, 11) is 0. The largest absolute Gasteiger partial charge is 0.480 e. The van der Waals surface area contributed by atoms with E-state index >= 15 is 0 Å². The maximum atomic E-state index is 14.3. The van der Waals surface area contributed by atoms with E-state index in [1.807, 2.05) is 0 Å². The average molecular weight is 380 g/mol. The molecule has 1 aliphatic heterocycles. The lowest BCUT2D eigenvalue weighted by Crippen LogP contribution is -2.47. The normalized spacial score (nSPS) is 14.5. The number of halogens is 1. The molecule has 4 amide bonds.